The maximum absolute atomic E-state index is 11.6. The highest BCUT2D eigenvalue weighted by Gasteiger charge is 2.27. The van der Waals surface area contributed by atoms with Crippen LogP contribution in [0.1, 0.15) is 12.0 Å². The van der Waals surface area contributed by atoms with Crippen molar-refractivity contribution in [1.82, 2.24) is 4.90 Å². The SMILES string of the molecule is O=C1OCCCN1C(CO)Cc1ccccc1. The molecule has 4 nitrogen and oxygen atoms in total. The van der Waals surface area contributed by atoms with Crippen molar-refractivity contribution < 1.29 is 14.6 Å². The Morgan fingerprint density at radius 1 is 1.35 bits per heavy atom. The molecule has 1 unspecified atom stereocenters. The van der Waals surface area contributed by atoms with E-state index in [1.807, 2.05) is 30.3 Å². The monoisotopic (exact) mass is 235 g/mol. The van der Waals surface area contributed by atoms with Gasteiger partial charge in [-0.05, 0) is 18.4 Å². The fourth-order valence-electron chi connectivity index (χ4n) is 2.06. The fraction of sp³-hybridized carbons (Fsp3) is 0.462. The molecule has 1 saturated heterocycles. The third-order valence-corrected chi connectivity index (χ3v) is 2.97. The number of nitrogens with zero attached hydrogens (tertiary/aromatic N) is 1. The number of carbonyl (C=O) groups is 1. The second kappa shape index (κ2) is 5.68. The van der Waals surface area contributed by atoms with Crippen LogP contribution in [-0.2, 0) is 11.2 Å². The molecule has 0 saturated carbocycles. The summed E-state index contributed by atoms with van der Waals surface area (Å²) in [6, 6.07) is 9.67. The molecule has 1 atom stereocenters. The number of hydrogen-bond donors (Lipinski definition) is 1. The van der Waals surface area contributed by atoms with Gasteiger partial charge in [0.05, 0.1) is 19.3 Å². The second-order valence-electron chi connectivity index (χ2n) is 4.19. The summed E-state index contributed by atoms with van der Waals surface area (Å²) in [7, 11) is 0. The van der Waals surface area contributed by atoms with Crippen molar-refractivity contribution in [3.8, 4) is 0 Å². The molecule has 0 aromatic heterocycles. The van der Waals surface area contributed by atoms with E-state index in [-0.39, 0.29) is 18.7 Å². The Kier molecular flexibility index (Phi) is 3.98. The Labute approximate surface area is 101 Å². The first-order valence-electron chi connectivity index (χ1n) is 5.89. The van der Waals surface area contributed by atoms with Crippen LogP contribution < -0.4 is 0 Å². The van der Waals surface area contributed by atoms with Crippen molar-refractivity contribution >= 4 is 6.09 Å². The molecule has 1 fully saturated rings. The molecule has 1 heterocycles. The molecule has 1 aliphatic heterocycles. The Balaban J connectivity index is 2.03. The molecular weight excluding hydrogens is 218 g/mol. The lowest BCUT2D eigenvalue weighted by molar-refractivity contribution is 0.0406. The van der Waals surface area contributed by atoms with E-state index in [0.29, 0.717) is 19.6 Å². The number of benzene rings is 1. The normalized spacial score (nSPS) is 17.7. The van der Waals surface area contributed by atoms with Gasteiger partial charge in [0.15, 0.2) is 0 Å². The first-order valence-corrected chi connectivity index (χ1v) is 5.89. The lowest BCUT2D eigenvalue weighted by atomic mass is 10.1. The molecule has 4 heteroatoms. The van der Waals surface area contributed by atoms with Crippen molar-refractivity contribution in [3.63, 3.8) is 0 Å². The Morgan fingerprint density at radius 3 is 2.76 bits per heavy atom. The van der Waals surface area contributed by atoms with Crippen molar-refractivity contribution in [3.05, 3.63) is 35.9 Å². The standard InChI is InChI=1S/C13H17NO3/c15-10-12(9-11-5-2-1-3-6-11)14-7-4-8-17-13(14)16/h1-3,5-6,12,15H,4,7-10H2. The van der Waals surface area contributed by atoms with E-state index >= 15 is 0 Å². The summed E-state index contributed by atoms with van der Waals surface area (Å²) < 4.78 is 4.99. The minimum atomic E-state index is -0.314. The van der Waals surface area contributed by atoms with E-state index in [9.17, 15) is 9.90 Å². The second-order valence-corrected chi connectivity index (χ2v) is 4.19. The quantitative estimate of drug-likeness (QED) is 0.859. The van der Waals surface area contributed by atoms with E-state index in [2.05, 4.69) is 0 Å². The molecule has 17 heavy (non-hydrogen) atoms. The smallest absolute Gasteiger partial charge is 0.410 e. The number of amides is 1. The topological polar surface area (TPSA) is 49.8 Å². The number of cyclic esters (lactones) is 1. The molecule has 0 spiro atoms. The van der Waals surface area contributed by atoms with Crippen LogP contribution in [0.3, 0.4) is 0 Å². The van der Waals surface area contributed by atoms with E-state index in [1.54, 1.807) is 4.90 Å². The van der Waals surface area contributed by atoms with Crippen molar-refractivity contribution in [1.29, 1.82) is 0 Å². The molecule has 0 aliphatic carbocycles. The van der Waals surface area contributed by atoms with Crippen LogP contribution in [0.2, 0.25) is 0 Å². The van der Waals surface area contributed by atoms with Gasteiger partial charge in [0.2, 0.25) is 0 Å². The van der Waals surface area contributed by atoms with E-state index in [0.717, 1.165) is 12.0 Å². The van der Waals surface area contributed by atoms with Crippen molar-refractivity contribution in [2.24, 2.45) is 0 Å². The Morgan fingerprint density at radius 2 is 2.12 bits per heavy atom. The van der Waals surface area contributed by atoms with Gasteiger partial charge in [-0.1, -0.05) is 30.3 Å². The number of hydrogen-bond acceptors (Lipinski definition) is 3. The van der Waals surface area contributed by atoms with E-state index in [1.165, 1.54) is 0 Å². The summed E-state index contributed by atoms with van der Waals surface area (Å²) in [6.07, 6.45) is 1.18. The highest BCUT2D eigenvalue weighted by atomic mass is 16.6. The fourth-order valence-corrected chi connectivity index (χ4v) is 2.06. The van der Waals surface area contributed by atoms with Gasteiger partial charge >= 0.3 is 6.09 Å². The summed E-state index contributed by atoms with van der Waals surface area (Å²) in [5.41, 5.74) is 1.12. The van der Waals surface area contributed by atoms with Crippen LogP contribution in [0, 0.1) is 0 Å². The molecule has 0 radical (unpaired) electrons. The van der Waals surface area contributed by atoms with Crippen LogP contribution in [-0.4, -0.2) is 41.9 Å². The van der Waals surface area contributed by atoms with Gasteiger partial charge in [0.25, 0.3) is 0 Å². The lowest BCUT2D eigenvalue weighted by Crippen LogP contribution is -2.47. The van der Waals surface area contributed by atoms with Crippen LogP contribution in [0.15, 0.2) is 30.3 Å². The van der Waals surface area contributed by atoms with Crippen LogP contribution in [0.25, 0.3) is 0 Å². The first-order chi connectivity index (χ1) is 8.31. The largest absolute Gasteiger partial charge is 0.449 e. The number of carbonyl (C=O) groups excluding carboxylic acids is 1. The van der Waals surface area contributed by atoms with E-state index in [4.69, 9.17) is 4.74 Å². The van der Waals surface area contributed by atoms with Crippen molar-refractivity contribution in [2.45, 2.75) is 18.9 Å². The number of ether oxygens (including phenoxy) is 1. The molecule has 1 aliphatic rings. The molecule has 0 bridgehead atoms. The van der Waals surface area contributed by atoms with E-state index < -0.39 is 0 Å². The molecule has 1 aromatic carbocycles. The van der Waals surface area contributed by atoms with Crippen LogP contribution in [0.4, 0.5) is 4.79 Å². The zero-order valence-corrected chi connectivity index (χ0v) is 9.71. The molecule has 1 amide bonds. The summed E-state index contributed by atoms with van der Waals surface area (Å²) in [5.74, 6) is 0. The van der Waals surface area contributed by atoms with Gasteiger partial charge in [-0.25, -0.2) is 4.79 Å². The average molecular weight is 235 g/mol. The van der Waals surface area contributed by atoms with Gasteiger partial charge in [-0.3, -0.25) is 0 Å². The predicted molar refractivity (Wildman–Crippen MR) is 63.7 cm³/mol. The summed E-state index contributed by atoms with van der Waals surface area (Å²) in [5, 5.41) is 9.41. The third-order valence-electron chi connectivity index (χ3n) is 2.97. The predicted octanol–water partition coefficient (Wildman–Crippen LogP) is 1.43. The van der Waals surface area contributed by atoms with Gasteiger partial charge in [-0.15, -0.1) is 0 Å². The van der Waals surface area contributed by atoms with Crippen LogP contribution in [0.5, 0.6) is 0 Å². The third kappa shape index (κ3) is 2.97. The molecule has 1 N–H and O–H groups in total. The minimum absolute atomic E-state index is 0.0377. The zero-order chi connectivity index (χ0) is 12.1. The molecule has 92 valence electrons. The highest BCUT2D eigenvalue weighted by molar-refractivity contribution is 5.68. The lowest BCUT2D eigenvalue weighted by Gasteiger charge is -2.32. The zero-order valence-electron chi connectivity index (χ0n) is 9.71. The Hall–Kier alpha value is -1.55. The average Bonchev–Trinajstić information content (AvgIpc) is 2.38. The van der Waals surface area contributed by atoms with Gasteiger partial charge in [-0.2, -0.15) is 0 Å². The van der Waals surface area contributed by atoms with Crippen LogP contribution >= 0.6 is 0 Å². The summed E-state index contributed by atoms with van der Waals surface area (Å²) in [4.78, 5) is 13.2. The maximum Gasteiger partial charge on any atom is 0.410 e. The van der Waals surface area contributed by atoms with Gasteiger partial charge in [0.1, 0.15) is 0 Å². The molecular formula is C13H17NO3. The minimum Gasteiger partial charge on any atom is -0.449 e. The first kappa shape index (κ1) is 11.9. The molecule has 2 rings (SSSR count). The van der Waals surface area contributed by atoms with Gasteiger partial charge in [0, 0.05) is 6.54 Å². The number of rotatable bonds is 4. The van der Waals surface area contributed by atoms with Crippen molar-refractivity contribution in [2.75, 3.05) is 19.8 Å². The summed E-state index contributed by atoms with van der Waals surface area (Å²) in [6.45, 7) is 1.11. The number of aliphatic hydroxyl groups excluding tert-OH is 1. The summed E-state index contributed by atoms with van der Waals surface area (Å²) >= 11 is 0. The molecule has 1 aromatic rings. The van der Waals surface area contributed by atoms with Gasteiger partial charge < -0.3 is 14.7 Å². The highest BCUT2D eigenvalue weighted by Crippen LogP contribution is 2.13. The number of aliphatic hydroxyl groups is 1. The Bertz CT molecular complexity index is 366. The maximum atomic E-state index is 11.6.